The molecule has 1 aliphatic heterocycles. The lowest BCUT2D eigenvalue weighted by Gasteiger charge is -2.15. The molecule has 3 nitrogen and oxygen atoms in total. The van der Waals surface area contributed by atoms with E-state index in [0.717, 1.165) is 19.6 Å². The Balaban J connectivity index is 1.82. The first-order chi connectivity index (χ1) is 8.34. The van der Waals surface area contributed by atoms with Crippen molar-refractivity contribution in [2.24, 2.45) is 0 Å². The lowest BCUT2D eigenvalue weighted by molar-refractivity contribution is -0.0500. The summed E-state index contributed by atoms with van der Waals surface area (Å²) >= 11 is 0. The third kappa shape index (κ3) is 2.08. The molecule has 3 rings (SSSR count). The molecule has 17 heavy (non-hydrogen) atoms. The topological polar surface area (TPSA) is 34.2 Å². The zero-order valence-electron chi connectivity index (χ0n) is 9.98. The van der Waals surface area contributed by atoms with E-state index in [2.05, 4.69) is 42.4 Å². The second-order valence-electron chi connectivity index (χ2n) is 4.60. The zero-order valence-corrected chi connectivity index (χ0v) is 9.98. The van der Waals surface area contributed by atoms with E-state index < -0.39 is 0 Å². The number of nitrogens with one attached hydrogen (secondary N) is 1. The lowest BCUT2D eigenvalue weighted by Crippen LogP contribution is -2.11. The Morgan fingerprint density at radius 1 is 1.29 bits per heavy atom. The SMILES string of the molecule is CC(CC1OCCO1)c1c[nH]c2ccccc12. The quantitative estimate of drug-likeness (QED) is 0.881. The second-order valence-corrected chi connectivity index (χ2v) is 4.60. The molecule has 2 aromatic rings. The van der Waals surface area contributed by atoms with Gasteiger partial charge in [0.15, 0.2) is 6.29 Å². The highest BCUT2D eigenvalue weighted by Crippen LogP contribution is 2.29. The van der Waals surface area contributed by atoms with Gasteiger partial charge < -0.3 is 14.5 Å². The van der Waals surface area contributed by atoms with Crippen LogP contribution in [0.3, 0.4) is 0 Å². The van der Waals surface area contributed by atoms with Crippen LogP contribution in [0.25, 0.3) is 10.9 Å². The Labute approximate surface area is 101 Å². The number of aromatic nitrogens is 1. The molecule has 1 unspecified atom stereocenters. The zero-order chi connectivity index (χ0) is 11.7. The van der Waals surface area contributed by atoms with Crippen LogP contribution in [0.4, 0.5) is 0 Å². The van der Waals surface area contributed by atoms with Crippen molar-refractivity contribution in [1.29, 1.82) is 0 Å². The first-order valence-corrected chi connectivity index (χ1v) is 6.14. The fraction of sp³-hybridized carbons (Fsp3) is 0.429. The molecule has 1 aliphatic rings. The fourth-order valence-corrected chi connectivity index (χ4v) is 2.46. The van der Waals surface area contributed by atoms with E-state index in [1.807, 2.05) is 0 Å². The number of hydrogen-bond donors (Lipinski definition) is 1. The van der Waals surface area contributed by atoms with Crippen LogP contribution in [-0.4, -0.2) is 24.5 Å². The minimum absolute atomic E-state index is 0.0290. The second kappa shape index (κ2) is 4.51. The number of fused-ring (bicyclic) bond motifs is 1. The van der Waals surface area contributed by atoms with E-state index in [1.54, 1.807) is 0 Å². The van der Waals surface area contributed by atoms with Crippen molar-refractivity contribution in [2.75, 3.05) is 13.2 Å². The molecule has 1 saturated heterocycles. The van der Waals surface area contributed by atoms with Crippen molar-refractivity contribution >= 4 is 10.9 Å². The molecule has 0 amide bonds. The van der Waals surface area contributed by atoms with E-state index in [-0.39, 0.29) is 6.29 Å². The predicted molar refractivity (Wildman–Crippen MR) is 67.0 cm³/mol. The Morgan fingerprint density at radius 2 is 2.06 bits per heavy atom. The van der Waals surface area contributed by atoms with Crippen molar-refractivity contribution < 1.29 is 9.47 Å². The maximum Gasteiger partial charge on any atom is 0.158 e. The average Bonchev–Trinajstić information content (AvgIpc) is 2.96. The molecule has 0 saturated carbocycles. The van der Waals surface area contributed by atoms with E-state index >= 15 is 0 Å². The summed E-state index contributed by atoms with van der Waals surface area (Å²) in [5.41, 5.74) is 2.54. The van der Waals surface area contributed by atoms with Crippen LogP contribution in [0.5, 0.6) is 0 Å². The smallest absolute Gasteiger partial charge is 0.158 e. The summed E-state index contributed by atoms with van der Waals surface area (Å²) in [5.74, 6) is 0.439. The van der Waals surface area contributed by atoms with Gasteiger partial charge >= 0.3 is 0 Å². The molecule has 0 aliphatic carbocycles. The number of H-pyrrole nitrogens is 1. The van der Waals surface area contributed by atoms with Gasteiger partial charge in [0.1, 0.15) is 0 Å². The minimum Gasteiger partial charge on any atom is -0.361 e. The van der Waals surface area contributed by atoms with Crippen LogP contribution in [0, 0.1) is 0 Å². The summed E-state index contributed by atoms with van der Waals surface area (Å²) in [6, 6.07) is 8.40. The monoisotopic (exact) mass is 231 g/mol. The molecule has 90 valence electrons. The van der Waals surface area contributed by atoms with Gasteiger partial charge in [0.25, 0.3) is 0 Å². The first-order valence-electron chi connectivity index (χ1n) is 6.14. The van der Waals surface area contributed by atoms with Gasteiger partial charge in [-0.05, 0) is 17.5 Å². The summed E-state index contributed by atoms with van der Waals surface area (Å²) in [4.78, 5) is 3.31. The van der Waals surface area contributed by atoms with Crippen LogP contribution in [-0.2, 0) is 9.47 Å². The van der Waals surface area contributed by atoms with E-state index in [9.17, 15) is 0 Å². The van der Waals surface area contributed by atoms with Gasteiger partial charge in [0.2, 0.25) is 0 Å². The summed E-state index contributed by atoms with van der Waals surface area (Å²) in [6.45, 7) is 3.68. The molecule has 0 spiro atoms. The molecule has 1 atom stereocenters. The van der Waals surface area contributed by atoms with Gasteiger partial charge in [0, 0.05) is 23.5 Å². The number of para-hydroxylation sites is 1. The predicted octanol–water partition coefficient (Wildman–Crippen LogP) is 3.03. The van der Waals surface area contributed by atoms with Gasteiger partial charge in [0.05, 0.1) is 13.2 Å². The number of ether oxygens (including phenoxy) is 2. The third-order valence-electron chi connectivity index (χ3n) is 3.39. The molecule has 1 N–H and O–H groups in total. The fourth-order valence-electron chi connectivity index (χ4n) is 2.46. The van der Waals surface area contributed by atoms with Crippen molar-refractivity contribution in [3.05, 3.63) is 36.0 Å². The first kappa shape index (κ1) is 10.8. The number of aromatic amines is 1. The van der Waals surface area contributed by atoms with Crippen molar-refractivity contribution in [2.45, 2.75) is 25.6 Å². The van der Waals surface area contributed by atoms with E-state index in [4.69, 9.17) is 9.47 Å². The maximum atomic E-state index is 5.50. The Morgan fingerprint density at radius 3 is 2.88 bits per heavy atom. The van der Waals surface area contributed by atoms with Crippen LogP contribution in [0.1, 0.15) is 24.8 Å². The Hall–Kier alpha value is -1.32. The summed E-state index contributed by atoms with van der Waals surface area (Å²) in [5, 5.41) is 1.30. The number of rotatable bonds is 3. The number of benzene rings is 1. The van der Waals surface area contributed by atoms with E-state index in [1.165, 1.54) is 16.5 Å². The molecule has 1 aromatic carbocycles. The van der Waals surface area contributed by atoms with Gasteiger partial charge in [-0.25, -0.2) is 0 Å². The highest BCUT2D eigenvalue weighted by atomic mass is 16.7. The maximum absolute atomic E-state index is 5.50. The van der Waals surface area contributed by atoms with Crippen molar-refractivity contribution in [3.8, 4) is 0 Å². The highest BCUT2D eigenvalue weighted by molar-refractivity contribution is 5.83. The summed E-state index contributed by atoms with van der Waals surface area (Å²) in [6.07, 6.45) is 2.99. The molecule has 1 fully saturated rings. The Kier molecular flexibility index (Phi) is 2.87. The standard InChI is InChI=1S/C14H17NO2/c1-10(8-14-16-6-7-17-14)12-9-15-13-5-3-2-4-11(12)13/h2-5,9-10,14-15H,6-8H2,1H3. The van der Waals surface area contributed by atoms with Gasteiger partial charge in [-0.15, -0.1) is 0 Å². The largest absolute Gasteiger partial charge is 0.361 e. The van der Waals surface area contributed by atoms with Gasteiger partial charge in [-0.3, -0.25) is 0 Å². The molecular weight excluding hydrogens is 214 g/mol. The minimum atomic E-state index is -0.0290. The average molecular weight is 231 g/mol. The van der Waals surface area contributed by atoms with Crippen LogP contribution in [0.2, 0.25) is 0 Å². The van der Waals surface area contributed by atoms with Crippen molar-refractivity contribution in [3.63, 3.8) is 0 Å². The highest BCUT2D eigenvalue weighted by Gasteiger charge is 2.21. The van der Waals surface area contributed by atoms with Gasteiger partial charge in [-0.2, -0.15) is 0 Å². The van der Waals surface area contributed by atoms with E-state index in [0.29, 0.717) is 5.92 Å². The lowest BCUT2D eigenvalue weighted by atomic mass is 9.97. The van der Waals surface area contributed by atoms with Crippen LogP contribution < -0.4 is 0 Å². The normalized spacial score (nSPS) is 18.9. The molecule has 0 bridgehead atoms. The molecular formula is C14H17NO2. The van der Waals surface area contributed by atoms with Crippen LogP contribution in [0.15, 0.2) is 30.5 Å². The number of hydrogen-bond acceptors (Lipinski definition) is 2. The summed E-state index contributed by atoms with van der Waals surface area (Å²) in [7, 11) is 0. The third-order valence-corrected chi connectivity index (χ3v) is 3.39. The molecule has 1 aromatic heterocycles. The van der Waals surface area contributed by atoms with Gasteiger partial charge in [-0.1, -0.05) is 25.1 Å². The molecule has 0 radical (unpaired) electrons. The Bertz CT molecular complexity index is 500. The van der Waals surface area contributed by atoms with Crippen LogP contribution >= 0.6 is 0 Å². The summed E-state index contributed by atoms with van der Waals surface area (Å²) < 4.78 is 11.0. The van der Waals surface area contributed by atoms with Crippen molar-refractivity contribution in [1.82, 2.24) is 4.98 Å². The molecule has 2 heterocycles. The molecule has 3 heteroatoms.